The molecule has 0 bridgehead atoms. The highest BCUT2D eigenvalue weighted by molar-refractivity contribution is 5.79. The van der Waals surface area contributed by atoms with Crippen molar-refractivity contribution >= 4 is 5.96 Å². The minimum Gasteiger partial charge on any atom is -0.467 e. The summed E-state index contributed by atoms with van der Waals surface area (Å²) in [7, 11) is 1.81. The summed E-state index contributed by atoms with van der Waals surface area (Å²) < 4.78 is 5.34. The van der Waals surface area contributed by atoms with Crippen LogP contribution in [0.3, 0.4) is 0 Å². The number of nitrogens with zero attached hydrogens (tertiary/aromatic N) is 1. The fourth-order valence-corrected chi connectivity index (χ4v) is 3.20. The first kappa shape index (κ1) is 15.7. The van der Waals surface area contributed by atoms with Crippen LogP contribution in [0, 0.1) is 5.41 Å². The fourth-order valence-electron chi connectivity index (χ4n) is 3.20. The second-order valence-electron chi connectivity index (χ2n) is 6.37. The van der Waals surface area contributed by atoms with Gasteiger partial charge in [-0.1, -0.05) is 36.8 Å². The Hall–Kier alpha value is -2.23. The lowest BCUT2D eigenvalue weighted by atomic mass is 9.65. The lowest BCUT2D eigenvalue weighted by Crippen LogP contribution is -2.47. The van der Waals surface area contributed by atoms with Crippen LogP contribution in [0.2, 0.25) is 0 Å². The van der Waals surface area contributed by atoms with E-state index in [0.29, 0.717) is 12.0 Å². The van der Waals surface area contributed by atoms with Gasteiger partial charge in [-0.25, -0.2) is 0 Å². The summed E-state index contributed by atoms with van der Waals surface area (Å²) in [6.45, 7) is 1.61. The van der Waals surface area contributed by atoms with Gasteiger partial charge in [0, 0.05) is 13.6 Å². The van der Waals surface area contributed by atoms with Crippen molar-refractivity contribution in [1.82, 2.24) is 10.6 Å². The summed E-state index contributed by atoms with van der Waals surface area (Å²) in [5.41, 5.74) is 1.79. The number of guanidine groups is 1. The van der Waals surface area contributed by atoms with E-state index in [1.54, 1.807) is 6.26 Å². The highest BCUT2D eigenvalue weighted by Gasteiger charge is 2.36. The number of hydrogen-bond acceptors (Lipinski definition) is 2. The van der Waals surface area contributed by atoms with E-state index in [2.05, 4.69) is 46.0 Å². The molecule has 1 aliphatic rings. The molecular weight excluding hydrogens is 286 g/mol. The Balaban J connectivity index is 1.52. The van der Waals surface area contributed by atoms with Crippen LogP contribution in [0.15, 0.2) is 58.1 Å². The molecule has 0 unspecified atom stereocenters. The average molecular weight is 311 g/mol. The monoisotopic (exact) mass is 311 g/mol. The Morgan fingerprint density at radius 1 is 1.13 bits per heavy atom. The molecule has 2 N–H and O–H groups in total. The molecule has 1 heterocycles. The summed E-state index contributed by atoms with van der Waals surface area (Å²) in [5.74, 6) is 1.75. The molecule has 2 aromatic rings. The summed E-state index contributed by atoms with van der Waals surface area (Å²) in [6, 6.07) is 14.6. The summed E-state index contributed by atoms with van der Waals surface area (Å²) >= 11 is 0. The van der Waals surface area contributed by atoms with E-state index in [9.17, 15) is 0 Å². The third-order valence-corrected chi connectivity index (χ3v) is 4.70. The maximum atomic E-state index is 5.34. The van der Waals surface area contributed by atoms with Crippen molar-refractivity contribution in [2.24, 2.45) is 10.4 Å². The molecule has 1 fully saturated rings. The minimum absolute atomic E-state index is 0.365. The van der Waals surface area contributed by atoms with Gasteiger partial charge in [-0.2, -0.15) is 0 Å². The summed E-state index contributed by atoms with van der Waals surface area (Å²) in [4.78, 5) is 4.31. The van der Waals surface area contributed by atoms with E-state index < -0.39 is 0 Å². The van der Waals surface area contributed by atoms with Crippen molar-refractivity contribution in [2.75, 3.05) is 13.6 Å². The molecule has 0 amide bonds. The van der Waals surface area contributed by atoms with Crippen molar-refractivity contribution in [3.05, 3.63) is 60.1 Å². The Bertz CT molecular complexity index is 615. The molecule has 1 aromatic heterocycles. The first-order chi connectivity index (χ1) is 11.3. The molecule has 4 heteroatoms. The van der Waals surface area contributed by atoms with E-state index in [4.69, 9.17) is 4.42 Å². The van der Waals surface area contributed by atoms with E-state index in [1.165, 1.54) is 24.8 Å². The van der Waals surface area contributed by atoms with Crippen LogP contribution in [0.1, 0.15) is 30.6 Å². The number of hydrogen-bond donors (Lipinski definition) is 2. The molecule has 4 nitrogen and oxygen atoms in total. The zero-order valence-electron chi connectivity index (χ0n) is 13.7. The van der Waals surface area contributed by atoms with Gasteiger partial charge in [0.15, 0.2) is 5.96 Å². The molecule has 122 valence electrons. The second kappa shape index (κ2) is 7.36. The zero-order valence-corrected chi connectivity index (χ0v) is 13.7. The van der Waals surface area contributed by atoms with Crippen molar-refractivity contribution in [2.45, 2.75) is 32.2 Å². The van der Waals surface area contributed by atoms with Gasteiger partial charge >= 0.3 is 0 Å². The highest BCUT2D eigenvalue weighted by Crippen LogP contribution is 2.43. The van der Waals surface area contributed by atoms with Crippen LogP contribution >= 0.6 is 0 Å². The molecule has 0 atom stereocenters. The van der Waals surface area contributed by atoms with Gasteiger partial charge in [0.05, 0.1) is 12.8 Å². The van der Waals surface area contributed by atoms with Crippen LogP contribution in [-0.4, -0.2) is 19.6 Å². The van der Waals surface area contributed by atoms with Gasteiger partial charge in [-0.3, -0.25) is 4.99 Å². The third kappa shape index (κ3) is 4.15. The predicted molar refractivity (Wildman–Crippen MR) is 93.3 cm³/mol. The van der Waals surface area contributed by atoms with Crippen LogP contribution < -0.4 is 10.6 Å². The Morgan fingerprint density at radius 2 is 1.96 bits per heavy atom. The first-order valence-electron chi connectivity index (χ1n) is 8.31. The van der Waals surface area contributed by atoms with E-state index in [1.807, 2.05) is 19.2 Å². The number of furan rings is 1. The van der Waals surface area contributed by atoms with Crippen LogP contribution in [0.4, 0.5) is 0 Å². The van der Waals surface area contributed by atoms with E-state index in [0.717, 1.165) is 24.7 Å². The van der Waals surface area contributed by atoms with Crippen LogP contribution in [-0.2, 0) is 13.0 Å². The molecule has 0 radical (unpaired) electrons. The molecule has 23 heavy (non-hydrogen) atoms. The standard InChI is InChI=1S/C19H25N3O/c1-20-18(21-14-17-9-5-12-23-17)22-15-19(10-6-11-19)13-16-7-3-2-4-8-16/h2-5,7-9,12H,6,10-11,13-15H2,1H3,(H2,20,21,22). The van der Waals surface area contributed by atoms with Crippen molar-refractivity contribution in [3.8, 4) is 0 Å². The van der Waals surface area contributed by atoms with Gasteiger partial charge in [-0.15, -0.1) is 0 Å². The van der Waals surface area contributed by atoms with Crippen molar-refractivity contribution in [1.29, 1.82) is 0 Å². The Labute approximate surface area is 138 Å². The van der Waals surface area contributed by atoms with Crippen molar-refractivity contribution in [3.63, 3.8) is 0 Å². The smallest absolute Gasteiger partial charge is 0.191 e. The lowest BCUT2D eigenvalue weighted by Gasteiger charge is -2.42. The molecule has 1 saturated carbocycles. The number of rotatable bonds is 6. The van der Waals surface area contributed by atoms with Gasteiger partial charge in [0.25, 0.3) is 0 Å². The summed E-state index contributed by atoms with van der Waals surface area (Å²) in [5, 5.41) is 6.79. The minimum atomic E-state index is 0.365. The van der Waals surface area contributed by atoms with Gasteiger partial charge in [-0.05, 0) is 42.4 Å². The summed E-state index contributed by atoms with van der Waals surface area (Å²) in [6.07, 6.45) is 6.72. The molecule has 0 aliphatic heterocycles. The molecule has 0 spiro atoms. The largest absolute Gasteiger partial charge is 0.467 e. The molecule has 3 rings (SSSR count). The SMILES string of the molecule is CN=C(NCc1ccco1)NCC1(Cc2ccccc2)CCC1. The highest BCUT2D eigenvalue weighted by atomic mass is 16.3. The third-order valence-electron chi connectivity index (χ3n) is 4.70. The van der Waals surface area contributed by atoms with E-state index in [-0.39, 0.29) is 0 Å². The van der Waals surface area contributed by atoms with Gasteiger partial charge in [0.2, 0.25) is 0 Å². The number of nitrogens with one attached hydrogen (secondary N) is 2. The molecule has 0 saturated heterocycles. The quantitative estimate of drug-likeness (QED) is 0.635. The number of aliphatic imine (C=N–C) groups is 1. The lowest BCUT2D eigenvalue weighted by molar-refractivity contribution is 0.137. The fraction of sp³-hybridized carbons (Fsp3) is 0.421. The predicted octanol–water partition coefficient (Wildman–Crippen LogP) is 3.36. The topological polar surface area (TPSA) is 49.6 Å². The maximum Gasteiger partial charge on any atom is 0.191 e. The van der Waals surface area contributed by atoms with Gasteiger partial charge < -0.3 is 15.1 Å². The zero-order chi connectivity index (χ0) is 16.0. The maximum absolute atomic E-state index is 5.34. The van der Waals surface area contributed by atoms with E-state index >= 15 is 0 Å². The second-order valence-corrected chi connectivity index (χ2v) is 6.37. The molecule has 1 aliphatic carbocycles. The Morgan fingerprint density at radius 3 is 2.57 bits per heavy atom. The Kier molecular flexibility index (Phi) is 5.01. The van der Waals surface area contributed by atoms with Crippen molar-refractivity contribution < 1.29 is 4.42 Å². The molecular formula is C19H25N3O. The van der Waals surface area contributed by atoms with Crippen LogP contribution in [0.5, 0.6) is 0 Å². The average Bonchev–Trinajstić information content (AvgIpc) is 3.06. The first-order valence-corrected chi connectivity index (χ1v) is 8.31. The van der Waals surface area contributed by atoms with Crippen LogP contribution in [0.25, 0.3) is 0 Å². The molecule has 1 aromatic carbocycles. The van der Waals surface area contributed by atoms with Gasteiger partial charge in [0.1, 0.15) is 5.76 Å². The normalized spacial score (nSPS) is 16.7. The number of benzene rings is 1.